The van der Waals surface area contributed by atoms with Crippen molar-refractivity contribution in [2.75, 3.05) is 7.11 Å². The second kappa shape index (κ2) is 4.27. The number of carbonyl (C=O) groups excluding carboxylic acids is 1. The third kappa shape index (κ3) is 1.96. The molecule has 0 bridgehead atoms. The number of hydrogen-bond acceptors (Lipinski definition) is 4. The van der Waals surface area contributed by atoms with Gasteiger partial charge in [0.1, 0.15) is 11.3 Å². The average Bonchev–Trinajstić information content (AvgIpc) is 2.69. The molecule has 1 unspecified atom stereocenters. The number of hydrogen-bond donors (Lipinski definition) is 1. The zero-order chi connectivity index (χ0) is 11.7. The van der Waals surface area contributed by atoms with Gasteiger partial charge in [-0.15, -0.1) is 0 Å². The van der Waals surface area contributed by atoms with Gasteiger partial charge >= 0.3 is 5.97 Å². The molecule has 0 spiro atoms. The summed E-state index contributed by atoms with van der Waals surface area (Å²) in [7, 11) is 1.21. The van der Waals surface area contributed by atoms with Crippen LogP contribution in [0.25, 0.3) is 11.0 Å². The molecule has 0 saturated carbocycles. The Hall–Kier alpha value is -1.33. The van der Waals surface area contributed by atoms with E-state index in [-0.39, 0.29) is 5.76 Å². The number of furan rings is 1. The fourth-order valence-electron chi connectivity index (χ4n) is 1.39. The smallest absolute Gasteiger partial charge is 0.342 e. The first-order chi connectivity index (χ1) is 7.61. The highest BCUT2D eigenvalue weighted by atomic mass is 79.9. The third-order valence-electron chi connectivity index (χ3n) is 2.20. The van der Waals surface area contributed by atoms with Crippen molar-refractivity contribution in [3.63, 3.8) is 0 Å². The van der Waals surface area contributed by atoms with Crippen LogP contribution in [0.15, 0.2) is 33.2 Å². The van der Waals surface area contributed by atoms with Gasteiger partial charge in [-0.05, 0) is 24.3 Å². The zero-order valence-electron chi connectivity index (χ0n) is 8.44. The molecule has 2 rings (SSSR count). The Morgan fingerprint density at radius 2 is 2.25 bits per heavy atom. The molecule has 1 atom stereocenters. The number of benzene rings is 1. The molecule has 1 aromatic carbocycles. The zero-order valence-corrected chi connectivity index (χ0v) is 10.0. The van der Waals surface area contributed by atoms with E-state index in [1.165, 1.54) is 7.11 Å². The highest BCUT2D eigenvalue weighted by Gasteiger charge is 2.22. The molecule has 0 amide bonds. The maximum absolute atomic E-state index is 11.1. The largest absolute Gasteiger partial charge is 0.467 e. The van der Waals surface area contributed by atoms with E-state index in [2.05, 4.69) is 20.7 Å². The molecule has 0 radical (unpaired) electrons. The number of aliphatic hydroxyl groups is 1. The normalized spacial score (nSPS) is 12.7. The molecule has 84 valence electrons. The van der Waals surface area contributed by atoms with E-state index >= 15 is 0 Å². The van der Waals surface area contributed by atoms with Gasteiger partial charge in [0, 0.05) is 9.86 Å². The van der Waals surface area contributed by atoms with Gasteiger partial charge in [0.2, 0.25) is 6.10 Å². The van der Waals surface area contributed by atoms with Crippen molar-refractivity contribution in [1.82, 2.24) is 0 Å². The molecule has 5 heteroatoms. The Bertz CT molecular complexity index is 532. The molecule has 0 aliphatic heterocycles. The fraction of sp³-hybridized carbons (Fsp3) is 0.182. The van der Waals surface area contributed by atoms with Crippen molar-refractivity contribution in [1.29, 1.82) is 0 Å². The number of esters is 1. The van der Waals surface area contributed by atoms with Gasteiger partial charge in [0.05, 0.1) is 7.11 Å². The number of carbonyl (C=O) groups is 1. The SMILES string of the molecule is COC(=O)C(O)c1cc2ccc(Br)cc2o1. The number of halogens is 1. The first-order valence-electron chi connectivity index (χ1n) is 4.56. The average molecular weight is 285 g/mol. The Balaban J connectivity index is 2.43. The Morgan fingerprint density at radius 3 is 2.94 bits per heavy atom. The number of ether oxygens (including phenoxy) is 1. The van der Waals surface area contributed by atoms with Crippen LogP contribution >= 0.6 is 15.9 Å². The summed E-state index contributed by atoms with van der Waals surface area (Å²) in [5.41, 5.74) is 0.604. The lowest BCUT2D eigenvalue weighted by Crippen LogP contribution is -2.12. The topological polar surface area (TPSA) is 59.7 Å². The van der Waals surface area contributed by atoms with Gasteiger partial charge in [-0.25, -0.2) is 4.79 Å². The van der Waals surface area contributed by atoms with Crippen LogP contribution in [0.4, 0.5) is 0 Å². The van der Waals surface area contributed by atoms with E-state index in [9.17, 15) is 9.90 Å². The maximum atomic E-state index is 11.1. The van der Waals surface area contributed by atoms with Crippen molar-refractivity contribution in [2.45, 2.75) is 6.10 Å². The van der Waals surface area contributed by atoms with E-state index in [0.29, 0.717) is 5.58 Å². The molecule has 1 aromatic heterocycles. The molecular formula is C11H9BrO4. The monoisotopic (exact) mass is 284 g/mol. The van der Waals surface area contributed by atoms with Gasteiger partial charge in [0.15, 0.2) is 0 Å². The molecule has 4 nitrogen and oxygen atoms in total. The molecule has 0 aliphatic carbocycles. The minimum Gasteiger partial charge on any atom is -0.467 e. The predicted octanol–water partition coefficient (Wildman–Crippen LogP) is 2.40. The second-order valence-corrected chi connectivity index (χ2v) is 4.17. The van der Waals surface area contributed by atoms with Crippen molar-refractivity contribution < 1.29 is 19.1 Å². The van der Waals surface area contributed by atoms with E-state index < -0.39 is 12.1 Å². The number of fused-ring (bicyclic) bond motifs is 1. The van der Waals surface area contributed by atoms with Gasteiger partial charge in [-0.3, -0.25) is 0 Å². The van der Waals surface area contributed by atoms with Gasteiger partial charge < -0.3 is 14.3 Å². The fourth-order valence-corrected chi connectivity index (χ4v) is 1.73. The summed E-state index contributed by atoms with van der Waals surface area (Å²) >= 11 is 3.31. The predicted molar refractivity (Wildman–Crippen MR) is 60.9 cm³/mol. The second-order valence-electron chi connectivity index (χ2n) is 3.26. The van der Waals surface area contributed by atoms with Crippen molar-refractivity contribution in [3.8, 4) is 0 Å². The van der Waals surface area contributed by atoms with E-state index in [1.54, 1.807) is 12.1 Å². The first kappa shape index (κ1) is 11.2. The number of methoxy groups -OCH3 is 1. The number of rotatable bonds is 2. The Morgan fingerprint density at radius 1 is 1.50 bits per heavy atom. The van der Waals surface area contributed by atoms with E-state index in [0.717, 1.165) is 9.86 Å². The van der Waals surface area contributed by atoms with Crippen LogP contribution in [-0.4, -0.2) is 18.2 Å². The Kier molecular flexibility index (Phi) is 2.98. The summed E-state index contributed by atoms with van der Waals surface area (Å²) in [5.74, 6) is -0.557. The lowest BCUT2D eigenvalue weighted by molar-refractivity contribution is -0.151. The third-order valence-corrected chi connectivity index (χ3v) is 2.69. The minimum absolute atomic E-state index is 0.181. The highest BCUT2D eigenvalue weighted by Crippen LogP contribution is 2.26. The molecule has 1 N–H and O–H groups in total. The lowest BCUT2D eigenvalue weighted by atomic mass is 10.2. The summed E-state index contributed by atoms with van der Waals surface area (Å²) in [6.07, 6.45) is -1.38. The maximum Gasteiger partial charge on any atom is 0.342 e. The lowest BCUT2D eigenvalue weighted by Gasteiger charge is -2.03. The van der Waals surface area contributed by atoms with Crippen molar-refractivity contribution >= 4 is 32.9 Å². The van der Waals surface area contributed by atoms with Crippen LogP contribution in [-0.2, 0) is 9.53 Å². The Labute approximate surface area is 99.9 Å². The summed E-state index contributed by atoms with van der Waals surface area (Å²) in [6, 6.07) is 7.06. The summed E-state index contributed by atoms with van der Waals surface area (Å²) in [4.78, 5) is 11.1. The molecule has 1 heterocycles. The van der Waals surface area contributed by atoms with Gasteiger partial charge in [0.25, 0.3) is 0 Å². The van der Waals surface area contributed by atoms with Crippen molar-refractivity contribution in [2.24, 2.45) is 0 Å². The van der Waals surface area contributed by atoms with Crippen LogP contribution in [0.3, 0.4) is 0 Å². The molecule has 16 heavy (non-hydrogen) atoms. The summed E-state index contributed by atoms with van der Waals surface area (Å²) in [5, 5.41) is 10.4. The first-order valence-corrected chi connectivity index (χ1v) is 5.36. The van der Waals surface area contributed by atoms with Crippen LogP contribution in [0, 0.1) is 0 Å². The van der Waals surface area contributed by atoms with Crippen LogP contribution in [0.1, 0.15) is 11.9 Å². The molecular weight excluding hydrogens is 276 g/mol. The summed E-state index contributed by atoms with van der Waals surface area (Å²) < 4.78 is 10.6. The molecule has 0 saturated heterocycles. The summed E-state index contributed by atoms with van der Waals surface area (Å²) in [6.45, 7) is 0. The van der Waals surface area contributed by atoms with Gasteiger partial charge in [-0.2, -0.15) is 0 Å². The van der Waals surface area contributed by atoms with Crippen LogP contribution in [0.2, 0.25) is 0 Å². The number of aliphatic hydroxyl groups excluding tert-OH is 1. The van der Waals surface area contributed by atoms with Crippen molar-refractivity contribution in [3.05, 3.63) is 34.5 Å². The molecule has 0 fully saturated rings. The quantitative estimate of drug-likeness (QED) is 0.861. The van der Waals surface area contributed by atoms with Gasteiger partial charge in [-0.1, -0.05) is 15.9 Å². The standard InChI is InChI=1S/C11H9BrO4/c1-15-11(14)10(13)9-4-6-2-3-7(12)5-8(6)16-9/h2-5,10,13H,1H3. The van der Waals surface area contributed by atoms with Crippen LogP contribution < -0.4 is 0 Å². The van der Waals surface area contributed by atoms with E-state index in [1.807, 2.05) is 12.1 Å². The molecule has 0 aliphatic rings. The minimum atomic E-state index is -1.38. The molecule has 2 aromatic rings. The highest BCUT2D eigenvalue weighted by molar-refractivity contribution is 9.10. The van der Waals surface area contributed by atoms with Crippen LogP contribution in [0.5, 0.6) is 0 Å². The van der Waals surface area contributed by atoms with E-state index in [4.69, 9.17) is 4.42 Å².